The van der Waals surface area contributed by atoms with E-state index in [0.29, 0.717) is 13.1 Å². The molecule has 0 saturated heterocycles. The van der Waals surface area contributed by atoms with Gasteiger partial charge in [-0.05, 0) is 42.5 Å². The van der Waals surface area contributed by atoms with Gasteiger partial charge in [-0.15, -0.1) is 0 Å². The van der Waals surface area contributed by atoms with Gasteiger partial charge in [-0.3, -0.25) is 0 Å². The average molecular weight is 361 g/mol. The second kappa shape index (κ2) is 8.59. The molecule has 2 aromatic rings. The maximum absolute atomic E-state index is 11.8. The van der Waals surface area contributed by atoms with E-state index in [1.165, 1.54) is 16.7 Å². The van der Waals surface area contributed by atoms with Crippen LogP contribution < -0.4 is 10.6 Å². The van der Waals surface area contributed by atoms with E-state index in [2.05, 4.69) is 51.7 Å². The number of amides is 2. The number of nitrogens with one attached hydrogen (secondary N) is 2. The highest BCUT2D eigenvalue weighted by Crippen LogP contribution is 2.15. The van der Waals surface area contributed by atoms with E-state index < -0.39 is 0 Å². The first-order chi connectivity index (χ1) is 10.7. The summed E-state index contributed by atoms with van der Waals surface area (Å²) in [5.74, 6) is 0. The van der Waals surface area contributed by atoms with Crippen LogP contribution >= 0.6 is 15.9 Å². The lowest BCUT2D eigenvalue weighted by atomic mass is 10.1. The van der Waals surface area contributed by atoms with Gasteiger partial charge in [0.05, 0.1) is 0 Å². The molecule has 0 aromatic heterocycles. The highest BCUT2D eigenvalue weighted by atomic mass is 79.9. The van der Waals surface area contributed by atoms with E-state index in [4.69, 9.17) is 0 Å². The molecule has 0 spiro atoms. The molecule has 2 rings (SSSR count). The van der Waals surface area contributed by atoms with Crippen LogP contribution in [-0.2, 0) is 12.8 Å². The van der Waals surface area contributed by atoms with Crippen LogP contribution in [0.3, 0.4) is 0 Å². The molecular weight excluding hydrogens is 340 g/mol. The van der Waals surface area contributed by atoms with Crippen LogP contribution in [0.4, 0.5) is 4.79 Å². The predicted molar refractivity (Wildman–Crippen MR) is 94.1 cm³/mol. The molecule has 0 fully saturated rings. The Labute approximate surface area is 140 Å². The molecule has 0 unspecified atom stereocenters. The van der Waals surface area contributed by atoms with Crippen LogP contribution in [0.5, 0.6) is 0 Å². The van der Waals surface area contributed by atoms with E-state index in [9.17, 15) is 4.79 Å². The third kappa shape index (κ3) is 5.19. The molecular formula is C18H21BrN2O. The lowest BCUT2D eigenvalue weighted by Crippen LogP contribution is -2.37. The van der Waals surface area contributed by atoms with Crippen molar-refractivity contribution in [3.63, 3.8) is 0 Å². The van der Waals surface area contributed by atoms with Gasteiger partial charge in [-0.1, -0.05) is 58.4 Å². The molecule has 0 bridgehead atoms. The molecule has 0 radical (unpaired) electrons. The van der Waals surface area contributed by atoms with E-state index in [0.717, 1.165) is 17.3 Å². The normalized spacial score (nSPS) is 10.3. The van der Waals surface area contributed by atoms with Gasteiger partial charge in [0.15, 0.2) is 0 Å². The highest BCUT2D eigenvalue weighted by molar-refractivity contribution is 9.10. The summed E-state index contributed by atoms with van der Waals surface area (Å²) in [7, 11) is 0. The third-order valence-corrected chi connectivity index (χ3v) is 4.35. The largest absolute Gasteiger partial charge is 0.338 e. The number of hydrogen-bond acceptors (Lipinski definition) is 1. The molecule has 2 aromatic carbocycles. The summed E-state index contributed by atoms with van der Waals surface area (Å²) in [4.78, 5) is 11.8. The summed E-state index contributed by atoms with van der Waals surface area (Å²) in [5, 5.41) is 5.79. The van der Waals surface area contributed by atoms with Crippen molar-refractivity contribution in [1.82, 2.24) is 10.6 Å². The predicted octanol–water partition coefficient (Wildman–Crippen LogP) is 3.84. The topological polar surface area (TPSA) is 41.1 Å². The Kier molecular flexibility index (Phi) is 6.46. The fraction of sp³-hybridized carbons (Fsp3) is 0.278. The number of carbonyl (C=O) groups excluding carboxylic acids is 1. The highest BCUT2D eigenvalue weighted by Gasteiger charge is 2.02. The van der Waals surface area contributed by atoms with Gasteiger partial charge in [-0.25, -0.2) is 4.79 Å². The summed E-state index contributed by atoms with van der Waals surface area (Å²) in [5.41, 5.74) is 3.73. The molecule has 2 N–H and O–H groups in total. The van der Waals surface area contributed by atoms with Gasteiger partial charge in [0, 0.05) is 17.6 Å². The number of aryl methyl sites for hydroxylation is 1. The first-order valence-corrected chi connectivity index (χ1v) is 8.26. The van der Waals surface area contributed by atoms with Crippen molar-refractivity contribution in [3.05, 3.63) is 69.7 Å². The zero-order chi connectivity index (χ0) is 15.8. The van der Waals surface area contributed by atoms with Gasteiger partial charge in [0.2, 0.25) is 0 Å². The smallest absolute Gasteiger partial charge is 0.314 e. The second-order valence-electron chi connectivity index (χ2n) is 5.20. The number of rotatable bonds is 6. The molecule has 0 aliphatic heterocycles. The molecule has 0 heterocycles. The quantitative estimate of drug-likeness (QED) is 0.807. The number of carbonyl (C=O) groups is 1. The van der Waals surface area contributed by atoms with Gasteiger partial charge in [0.1, 0.15) is 0 Å². The first kappa shape index (κ1) is 16.6. The Morgan fingerprint density at radius 1 is 0.909 bits per heavy atom. The molecule has 4 heteroatoms. The summed E-state index contributed by atoms with van der Waals surface area (Å²) in [6.07, 6.45) is 1.66. The zero-order valence-corrected chi connectivity index (χ0v) is 14.3. The Balaban J connectivity index is 1.66. The van der Waals surface area contributed by atoms with Gasteiger partial charge in [0.25, 0.3) is 0 Å². The van der Waals surface area contributed by atoms with E-state index in [-0.39, 0.29) is 6.03 Å². The van der Waals surface area contributed by atoms with Gasteiger partial charge >= 0.3 is 6.03 Å². The van der Waals surface area contributed by atoms with Gasteiger partial charge < -0.3 is 10.6 Å². The van der Waals surface area contributed by atoms with Crippen molar-refractivity contribution >= 4 is 22.0 Å². The SMILES string of the molecule is Cc1ccccc1CCNC(=O)NCCc1ccccc1Br. The van der Waals surface area contributed by atoms with Crippen LogP contribution in [0.25, 0.3) is 0 Å². The molecule has 0 aliphatic carbocycles. The van der Waals surface area contributed by atoms with Crippen molar-refractivity contribution in [1.29, 1.82) is 0 Å². The summed E-state index contributed by atoms with van der Waals surface area (Å²) >= 11 is 3.51. The number of benzene rings is 2. The third-order valence-electron chi connectivity index (χ3n) is 3.58. The van der Waals surface area contributed by atoms with E-state index in [1.807, 2.05) is 30.3 Å². The summed E-state index contributed by atoms with van der Waals surface area (Å²) in [6, 6.07) is 16.2. The second-order valence-corrected chi connectivity index (χ2v) is 6.05. The van der Waals surface area contributed by atoms with E-state index in [1.54, 1.807) is 0 Å². The lowest BCUT2D eigenvalue weighted by molar-refractivity contribution is 0.241. The summed E-state index contributed by atoms with van der Waals surface area (Å²) in [6.45, 7) is 3.36. The Morgan fingerprint density at radius 3 is 2.09 bits per heavy atom. The van der Waals surface area contributed by atoms with Crippen LogP contribution in [0.15, 0.2) is 53.0 Å². The number of urea groups is 1. The monoisotopic (exact) mass is 360 g/mol. The van der Waals surface area contributed by atoms with Crippen molar-refractivity contribution in [2.45, 2.75) is 19.8 Å². The van der Waals surface area contributed by atoms with Crippen molar-refractivity contribution in [2.75, 3.05) is 13.1 Å². The molecule has 2 amide bonds. The van der Waals surface area contributed by atoms with Crippen LogP contribution in [0.2, 0.25) is 0 Å². The van der Waals surface area contributed by atoms with Crippen molar-refractivity contribution < 1.29 is 4.79 Å². The Morgan fingerprint density at radius 2 is 1.45 bits per heavy atom. The average Bonchev–Trinajstić information content (AvgIpc) is 2.51. The Hall–Kier alpha value is -1.81. The zero-order valence-electron chi connectivity index (χ0n) is 12.7. The minimum Gasteiger partial charge on any atom is -0.338 e. The number of halogens is 1. The molecule has 0 atom stereocenters. The van der Waals surface area contributed by atoms with Crippen LogP contribution in [0, 0.1) is 6.92 Å². The Bertz CT molecular complexity index is 574. The van der Waals surface area contributed by atoms with E-state index >= 15 is 0 Å². The number of hydrogen-bond donors (Lipinski definition) is 2. The van der Waals surface area contributed by atoms with Crippen LogP contribution in [0.1, 0.15) is 16.7 Å². The molecule has 0 saturated carbocycles. The molecule has 116 valence electrons. The fourth-order valence-electron chi connectivity index (χ4n) is 2.28. The van der Waals surface area contributed by atoms with Crippen molar-refractivity contribution in [3.8, 4) is 0 Å². The molecule has 3 nitrogen and oxygen atoms in total. The molecule has 22 heavy (non-hydrogen) atoms. The maximum atomic E-state index is 11.8. The molecule has 0 aliphatic rings. The standard InChI is InChI=1S/C18H21BrN2O/c1-14-6-2-3-7-15(14)10-12-20-18(22)21-13-11-16-8-4-5-9-17(16)19/h2-9H,10-13H2,1H3,(H2,20,21,22). The fourth-order valence-corrected chi connectivity index (χ4v) is 2.76. The maximum Gasteiger partial charge on any atom is 0.314 e. The minimum atomic E-state index is -0.111. The lowest BCUT2D eigenvalue weighted by Gasteiger charge is -2.09. The van der Waals surface area contributed by atoms with Crippen molar-refractivity contribution in [2.24, 2.45) is 0 Å². The summed E-state index contributed by atoms with van der Waals surface area (Å²) < 4.78 is 1.08. The first-order valence-electron chi connectivity index (χ1n) is 7.46. The van der Waals surface area contributed by atoms with Crippen LogP contribution in [-0.4, -0.2) is 19.1 Å². The minimum absolute atomic E-state index is 0.111. The van der Waals surface area contributed by atoms with Gasteiger partial charge in [-0.2, -0.15) is 0 Å².